The fourth-order valence-corrected chi connectivity index (χ4v) is 3.65. The molecule has 2 N–H and O–H groups in total. The smallest absolute Gasteiger partial charge is 0.241 e. The largest absolute Gasteiger partial charge is 0.468 e. The third-order valence-electron chi connectivity index (χ3n) is 3.22. The molecule has 0 aliphatic heterocycles. The minimum atomic E-state index is -3.59. The van der Waals surface area contributed by atoms with Crippen molar-refractivity contribution in [3.05, 3.63) is 53.5 Å². The van der Waals surface area contributed by atoms with Gasteiger partial charge in [0.1, 0.15) is 5.76 Å². The standard InChI is InChI=1S/C15H20N2O3S/c1-11-6-7-13(10-16-3)9-15(11)21(18,19)17-12(2)14-5-4-8-20-14/h4-9,12,16-17H,10H2,1-3H3. The second-order valence-electron chi connectivity index (χ2n) is 4.99. The van der Waals surface area contributed by atoms with Crippen molar-refractivity contribution in [2.75, 3.05) is 7.05 Å². The average molecular weight is 308 g/mol. The number of nitrogens with one attached hydrogen (secondary N) is 2. The Kier molecular flexibility index (Phi) is 4.82. The molecule has 0 radical (unpaired) electrons. The minimum absolute atomic E-state index is 0.300. The molecule has 0 saturated carbocycles. The van der Waals surface area contributed by atoms with Crippen LogP contribution in [0.3, 0.4) is 0 Å². The van der Waals surface area contributed by atoms with E-state index in [1.165, 1.54) is 6.26 Å². The normalized spacial score (nSPS) is 13.3. The molecule has 1 unspecified atom stereocenters. The molecule has 0 fully saturated rings. The van der Waals surface area contributed by atoms with Crippen LogP contribution in [0.2, 0.25) is 0 Å². The summed E-state index contributed by atoms with van der Waals surface area (Å²) < 4.78 is 33.0. The van der Waals surface area contributed by atoms with Crippen molar-refractivity contribution in [2.24, 2.45) is 0 Å². The average Bonchev–Trinajstić information content (AvgIpc) is 2.94. The van der Waals surface area contributed by atoms with Gasteiger partial charge in [-0.1, -0.05) is 12.1 Å². The van der Waals surface area contributed by atoms with Crippen LogP contribution < -0.4 is 10.0 Å². The van der Waals surface area contributed by atoms with Gasteiger partial charge in [-0.25, -0.2) is 13.1 Å². The minimum Gasteiger partial charge on any atom is -0.468 e. The zero-order valence-corrected chi connectivity index (χ0v) is 13.2. The Balaban J connectivity index is 2.28. The Labute approximate surface area is 125 Å². The van der Waals surface area contributed by atoms with E-state index in [4.69, 9.17) is 4.42 Å². The molecule has 6 heteroatoms. The van der Waals surface area contributed by atoms with E-state index in [1.54, 1.807) is 32.0 Å². The lowest BCUT2D eigenvalue weighted by molar-refractivity contribution is 0.459. The van der Waals surface area contributed by atoms with Crippen LogP contribution in [0.1, 0.15) is 29.9 Å². The maximum atomic E-state index is 12.5. The molecular formula is C15H20N2O3S. The van der Waals surface area contributed by atoms with Crippen LogP contribution in [0.4, 0.5) is 0 Å². The molecule has 1 aromatic carbocycles. The Morgan fingerprint density at radius 3 is 2.67 bits per heavy atom. The molecule has 114 valence electrons. The summed E-state index contributed by atoms with van der Waals surface area (Å²) in [5, 5.41) is 3.02. The highest BCUT2D eigenvalue weighted by Gasteiger charge is 2.21. The van der Waals surface area contributed by atoms with Crippen LogP contribution in [0, 0.1) is 6.92 Å². The predicted molar refractivity (Wildman–Crippen MR) is 81.4 cm³/mol. The summed E-state index contributed by atoms with van der Waals surface area (Å²) >= 11 is 0. The lowest BCUT2D eigenvalue weighted by Gasteiger charge is -2.14. The maximum Gasteiger partial charge on any atom is 0.241 e. The number of aryl methyl sites for hydroxylation is 1. The molecule has 1 aromatic heterocycles. The van der Waals surface area contributed by atoms with Gasteiger partial charge in [0.25, 0.3) is 0 Å². The first kappa shape index (κ1) is 15.8. The van der Waals surface area contributed by atoms with Gasteiger partial charge in [0.15, 0.2) is 0 Å². The Hall–Kier alpha value is -1.63. The second-order valence-corrected chi connectivity index (χ2v) is 6.67. The lowest BCUT2D eigenvalue weighted by Crippen LogP contribution is -2.27. The van der Waals surface area contributed by atoms with Crippen molar-refractivity contribution < 1.29 is 12.8 Å². The number of sulfonamides is 1. The molecule has 2 aromatic rings. The van der Waals surface area contributed by atoms with E-state index in [0.29, 0.717) is 22.8 Å². The molecule has 1 atom stereocenters. The van der Waals surface area contributed by atoms with E-state index >= 15 is 0 Å². The van der Waals surface area contributed by atoms with Crippen molar-refractivity contribution in [3.8, 4) is 0 Å². The molecule has 1 heterocycles. The van der Waals surface area contributed by atoms with Crippen LogP contribution in [0.15, 0.2) is 45.9 Å². The number of benzene rings is 1. The number of rotatable bonds is 6. The zero-order valence-electron chi connectivity index (χ0n) is 12.4. The van der Waals surface area contributed by atoms with E-state index in [0.717, 1.165) is 5.56 Å². The van der Waals surface area contributed by atoms with E-state index in [2.05, 4.69) is 10.0 Å². The first-order valence-corrected chi connectivity index (χ1v) is 8.22. The van der Waals surface area contributed by atoms with Crippen LogP contribution in [-0.2, 0) is 16.6 Å². The van der Waals surface area contributed by atoms with Crippen molar-refractivity contribution >= 4 is 10.0 Å². The molecule has 0 amide bonds. The highest BCUT2D eigenvalue weighted by atomic mass is 32.2. The van der Waals surface area contributed by atoms with Crippen LogP contribution in [0.25, 0.3) is 0 Å². The summed E-state index contributed by atoms with van der Waals surface area (Å²) in [5.74, 6) is 0.586. The van der Waals surface area contributed by atoms with E-state index < -0.39 is 16.1 Å². The van der Waals surface area contributed by atoms with Crippen molar-refractivity contribution in [2.45, 2.75) is 31.3 Å². The van der Waals surface area contributed by atoms with Crippen molar-refractivity contribution in [1.29, 1.82) is 0 Å². The first-order valence-electron chi connectivity index (χ1n) is 6.74. The molecule has 0 aliphatic carbocycles. The fourth-order valence-electron chi connectivity index (χ4n) is 2.14. The molecule has 0 saturated heterocycles. The topological polar surface area (TPSA) is 71.3 Å². The fraction of sp³-hybridized carbons (Fsp3) is 0.333. The zero-order chi connectivity index (χ0) is 15.5. The molecule has 0 spiro atoms. The number of hydrogen-bond acceptors (Lipinski definition) is 4. The molecule has 21 heavy (non-hydrogen) atoms. The van der Waals surface area contributed by atoms with Gasteiger partial charge in [-0.05, 0) is 50.2 Å². The molecule has 5 nitrogen and oxygen atoms in total. The third kappa shape index (κ3) is 3.72. The van der Waals surface area contributed by atoms with Gasteiger partial charge in [-0.3, -0.25) is 0 Å². The maximum absolute atomic E-state index is 12.5. The highest BCUT2D eigenvalue weighted by Crippen LogP contribution is 2.21. The van der Waals surface area contributed by atoms with Gasteiger partial charge >= 0.3 is 0 Å². The van der Waals surface area contributed by atoms with Crippen molar-refractivity contribution in [1.82, 2.24) is 10.0 Å². The Morgan fingerprint density at radius 2 is 2.05 bits per heavy atom. The summed E-state index contributed by atoms with van der Waals surface area (Å²) in [5.41, 5.74) is 1.64. The number of furan rings is 1. The summed E-state index contributed by atoms with van der Waals surface area (Å²) in [6.07, 6.45) is 1.53. The first-order chi connectivity index (χ1) is 9.94. The van der Waals surface area contributed by atoms with Gasteiger partial charge in [-0.2, -0.15) is 0 Å². The molecular weight excluding hydrogens is 288 g/mol. The molecule has 0 aliphatic rings. The third-order valence-corrected chi connectivity index (χ3v) is 4.91. The Morgan fingerprint density at radius 1 is 1.29 bits per heavy atom. The summed E-state index contributed by atoms with van der Waals surface area (Å²) in [6, 6.07) is 8.50. The monoisotopic (exact) mass is 308 g/mol. The molecule has 2 rings (SSSR count). The van der Waals surface area contributed by atoms with Gasteiger partial charge in [0, 0.05) is 6.54 Å². The van der Waals surface area contributed by atoms with Crippen molar-refractivity contribution in [3.63, 3.8) is 0 Å². The van der Waals surface area contributed by atoms with Gasteiger partial charge in [-0.15, -0.1) is 0 Å². The summed E-state index contributed by atoms with van der Waals surface area (Å²) in [4.78, 5) is 0.300. The molecule has 0 bridgehead atoms. The number of hydrogen-bond donors (Lipinski definition) is 2. The van der Waals surface area contributed by atoms with Gasteiger partial charge < -0.3 is 9.73 Å². The highest BCUT2D eigenvalue weighted by molar-refractivity contribution is 7.89. The summed E-state index contributed by atoms with van der Waals surface area (Å²) in [6.45, 7) is 4.16. The van der Waals surface area contributed by atoms with Gasteiger partial charge in [0.05, 0.1) is 17.2 Å². The lowest BCUT2D eigenvalue weighted by atomic mass is 10.1. The summed E-state index contributed by atoms with van der Waals surface area (Å²) in [7, 11) is -1.77. The second kappa shape index (κ2) is 6.43. The van der Waals surface area contributed by atoms with Crippen LogP contribution >= 0.6 is 0 Å². The quantitative estimate of drug-likeness (QED) is 0.859. The Bertz CT molecular complexity index is 694. The van der Waals surface area contributed by atoms with Gasteiger partial charge in [0.2, 0.25) is 10.0 Å². The SMILES string of the molecule is CNCc1ccc(C)c(S(=O)(=O)NC(C)c2ccco2)c1. The van der Waals surface area contributed by atoms with Crippen LogP contribution in [-0.4, -0.2) is 15.5 Å². The predicted octanol–water partition coefficient (Wildman–Crippen LogP) is 2.35. The van der Waals surface area contributed by atoms with E-state index in [-0.39, 0.29) is 0 Å². The van der Waals surface area contributed by atoms with E-state index in [9.17, 15) is 8.42 Å². The van der Waals surface area contributed by atoms with E-state index in [1.807, 2.05) is 19.2 Å². The van der Waals surface area contributed by atoms with Crippen LogP contribution in [0.5, 0.6) is 0 Å².